The minimum Gasteiger partial charge on any atom is -0.325 e. The molecule has 0 spiro atoms. The van der Waals surface area contributed by atoms with Gasteiger partial charge in [-0.2, -0.15) is 0 Å². The van der Waals surface area contributed by atoms with Crippen LogP contribution in [0.1, 0.15) is 11.1 Å². The van der Waals surface area contributed by atoms with Crippen LogP contribution in [0.4, 0.5) is 5.69 Å². The number of benzene rings is 2. The molecule has 1 amide bonds. The number of aromatic nitrogens is 4. The number of nitrogens with one attached hydrogen (secondary N) is 2. The summed E-state index contributed by atoms with van der Waals surface area (Å²) in [6.45, 7) is 3.84. The highest BCUT2D eigenvalue weighted by atomic mass is 35.5. The molecule has 2 N–H and O–H groups in total. The number of halogens is 1. The smallest absolute Gasteiger partial charge is 0.278 e. The number of rotatable bonds is 5. The molecule has 2 heterocycles. The average Bonchev–Trinajstić information content (AvgIpc) is 3.10. The highest BCUT2D eigenvalue weighted by molar-refractivity contribution is 7.99. The maximum absolute atomic E-state index is 12.5. The Morgan fingerprint density at radius 2 is 1.97 bits per heavy atom. The lowest BCUT2D eigenvalue weighted by Crippen LogP contribution is -2.15. The van der Waals surface area contributed by atoms with Gasteiger partial charge in [-0.25, -0.2) is 9.97 Å². The molecular weight excluding hydrogens is 422 g/mol. The molecular formula is C21H18ClN5O2S. The summed E-state index contributed by atoms with van der Waals surface area (Å²) < 4.78 is 1.78. The van der Waals surface area contributed by atoms with Crippen molar-refractivity contribution in [3.05, 3.63) is 75.3 Å². The first-order valence-electron chi connectivity index (χ1n) is 9.15. The molecule has 0 unspecified atom stereocenters. The lowest BCUT2D eigenvalue weighted by molar-refractivity contribution is -0.113. The molecule has 0 aliphatic carbocycles. The second kappa shape index (κ2) is 8.33. The third kappa shape index (κ3) is 3.96. The molecule has 0 aliphatic heterocycles. The summed E-state index contributed by atoms with van der Waals surface area (Å²) in [7, 11) is 0. The summed E-state index contributed by atoms with van der Waals surface area (Å²) in [5.41, 5.74) is 3.74. The highest BCUT2D eigenvalue weighted by Gasteiger charge is 2.18. The van der Waals surface area contributed by atoms with Crippen LogP contribution in [-0.2, 0) is 4.79 Å². The summed E-state index contributed by atoms with van der Waals surface area (Å²) in [5, 5.41) is 3.97. The van der Waals surface area contributed by atoms with Gasteiger partial charge in [0.1, 0.15) is 0 Å². The van der Waals surface area contributed by atoms with E-state index in [1.54, 1.807) is 22.8 Å². The Hall–Kier alpha value is -3.10. The molecule has 0 saturated carbocycles. The van der Waals surface area contributed by atoms with Crippen molar-refractivity contribution in [3.8, 4) is 5.69 Å². The van der Waals surface area contributed by atoms with Crippen molar-refractivity contribution in [2.24, 2.45) is 0 Å². The molecule has 0 radical (unpaired) electrons. The molecule has 0 fully saturated rings. The van der Waals surface area contributed by atoms with Gasteiger partial charge in [0.2, 0.25) is 5.91 Å². The Balaban J connectivity index is 1.64. The lowest BCUT2D eigenvalue weighted by Gasteiger charge is -2.10. The maximum atomic E-state index is 12.5. The predicted molar refractivity (Wildman–Crippen MR) is 120 cm³/mol. The van der Waals surface area contributed by atoms with E-state index in [0.29, 0.717) is 21.5 Å². The van der Waals surface area contributed by atoms with Crippen LogP contribution < -0.4 is 10.9 Å². The monoisotopic (exact) mass is 439 g/mol. The summed E-state index contributed by atoms with van der Waals surface area (Å²) in [6.07, 6.45) is 1.35. The summed E-state index contributed by atoms with van der Waals surface area (Å²) in [4.78, 5) is 36.0. The zero-order valence-corrected chi connectivity index (χ0v) is 17.8. The van der Waals surface area contributed by atoms with Crippen LogP contribution in [0.15, 0.2) is 58.7 Å². The fraction of sp³-hybridized carbons (Fsp3) is 0.143. The lowest BCUT2D eigenvalue weighted by atomic mass is 10.2. The van der Waals surface area contributed by atoms with Crippen LogP contribution >= 0.6 is 23.4 Å². The van der Waals surface area contributed by atoms with E-state index < -0.39 is 0 Å². The fourth-order valence-electron chi connectivity index (χ4n) is 2.97. The molecule has 0 saturated heterocycles. The number of fused-ring (bicyclic) bond motifs is 1. The van der Waals surface area contributed by atoms with Gasteiger partial charge in [-0.1, -0.05) is 47.1 Å². The van der Waals surface area contributed by atoms with Crippen molar-refractivity contribution in [2.45, 2.75) is 19.0 Å². The van der Waals surface area contributed by atoms with E-state index in [4.69, 9.17) is 11.6 Å². The van der Waals surface area contributed by atoms with Gasteiger partial charge in [0.05, 0.1) is 12.1 Å². The van der Waals surface area contributed by atoms with Gasteiger partial charge in [0.25, 0.3) is 5.56 Å². The van der Waals surface area contributed by atoms with Gasteiger partial charge in [0.15, 0.2) is 16.3 Å². The first kappa shape index (κ1) is 20.2. The van der Waals surface area contributed by atoms with E-state index in [0.717, 1.165) is 16.8 Å². The van der Waals surface area contributed by atoms with E-state index in [-0.39, 0.29) is 22.7 Å². The topological polar surface area (TPSA) is 92.7 Å². The first-order valence-corrected chi connectivity index (χ1v) is 10.5. The molecule has 7 nitrogen and oxygen atoms in total. The first-order chi connectivity index (χ1) is 14.4. The van der Waals surface area contributed by atoms with Crippen molar-refractivity contribution in [3.63, 3.8) is 0 Å². The molecule has 9 heteroatoms. The molecule has 0 aliphatic rings. The summed E-state index contributed by atoms with van der Waals surface area (Å²) >= 11 is 7.35. The van der Waals surface area contributed by atoms with Gasteiger partial charge in [-0.3, -0.25) is 14.2 Å². The number of aromatic amines is 1. The molecule has 2 aromatic carbocycles. The zero-order valence-electron chi connectivity index (χ0n) is 16.3. The molecule has 4 rings (SSSR count). The quantitative estimate of drug-likeness (QED) is 0.456. The van der Waals surface area contributed by atoms with E-state index >= 15 is 0 Å². The fourth-order valence-corrected chi connectivity index (χ4v) is 3.95. The average molecular weight is 440 g/mol. The van der Waals surface area contributed by atoms with Crippen molar-refractivity contribution in [2.75, 3.05) is 11.1 Å². The number of anilines is 1. The number of hydrogen-bond acceptors (Lipinski definition) is 5. The summed E-state index contributed by atoms with van der Waals surface area (Å²) in [5.74, 6) is -0.0891. The van der Waals surface area contributed by atoms with Crippen molar-refractivity contribution in [1.29, 1.82) is 0 Å². The van der Waals surface area contributed by atoms with Crippen LogP contribution in [0, 0.1) is 13.8 Å². The van der Waals surface area contributed by atoms with E-state index in [9.17, 15) is 9.59 Å². The third-order valence-corrected chi connectivity index (χ3v) is 5.93. The second-order valence-corrected chi connectivity index (χ2v) is 8.07. The minimum atomic E-state index is -0.327. The van der Waals surface area contributed by atoms with Crippen molar-refractivity contribution >= 4 is 46.1 Å². The number of imidazole rings is 1. The van der Waals surface area contributed by atoms with Gasteiger partial charge < -0.3 is 10.3 Å². The SMILES string of the molecule is Cc1ccc(-n2c(SCC(=O)Nc3cccc(Cl)c3C)nc3c(=O)[nH]cnc32)cc1. The number of aryl methyl sites for hydroxylation is 1. The van der Waals surface area contributed by atoms with Crippen LogP contribution in [0.3, 0.4) is 0 Å². The molecule has 0 atom stereocenters. The molecule has 30 heavy (non-hydrogen) atoms. The Bertz CT molecular complexity index is 1300. The molecule has 4 aromatic rings. The van der Waals surface area contributed by atoms with Crippen LogP contribution in [0.25, 0.3) is 16.9 Å². The normalized spacial score (nSPS) is 11.0. The van der Waals surface area contributed by atoms with Gasteiger partial charge in [-0.15, -0.1) is 0 Å². The highest BCUT2D eigenvalue weighted by Crippen LogP contribution is 2.27. The third-order valence-electron chi connectivity index (χ3n) is 4.59. The molecule has 152 valence electrons. The zero-order chi connectivity index (χ0) is 21.3. The molecule has 2 aromatic heterocycles. The number of carbonyl (C=O) groups excluding carboxylic acids is 1. The van der Waals surface area contributed by atoms with Gasteiger partial charge in [-0.05, 0) is 43.7 Å². The Labute approximate surface area is 181 Å². The van der Waals surface area contributed by atoms with E-state index in [1.807, 2.05) is 38.1 Å². The van der Waals surface area contributed by atoms with Gasteiger partial charge in [0, 0.05) is 16.4 Å². The Kier molecular flexibility index (Phi) is 5.61. The number of hydrogen-bond donors (Lipinski definition) is 2. The number of thioether (sulfide) groups is 1. The van der Waals surface area contributed by atoms with Crippen molar-refractivity contribution in [1.82, 2.24) is 19.5 Å². The van der Waals surface area contributed by atoms with Gasteiger partial charge >= 0.3 is 0 Å². The number of nitrogens with zero attached hydrogens (tertiary/aromatic N) is 3. The standard InChI is InChI=1S/C21H18ClN5O2S/c1-12-6-8-14(9-7-12)27-19-18(20(29)24-11-23-19)26-21(27)30-10-17(28)25-16-5-3-4-15(22)13(16)2/h3-9,11H,10H2,1-2H3,(H,25,28)(H,23,24,29). The van der Waals surface area contributed by atoms with E-state index in [2.05, 4.69) is 20.3 Å². The van der Waals surface area contributed by atoms with Crippen LogP contribution in [-0.4, -0.2) is 31.2 Å². The van der Waals surface area contributed by atoms with Crippen LogP contribution in [0.5, 0.6) is 0 Å². The second-order valence-electron chi connectivity index (χ2n) is 6.72. The number of amides is 1. The minimum absolute atomic E-state index is 0.110. The predicted octanol–water partition coefficient (Wildman–Crippen LogP) is 4.11. The maximum Gasteiger partial charge on any atom is 0.278 e. The summed E-state index contributed by atoms with van der Waals surface area (Å²) in [6, 6.07) is 13.2. The van der Waals surface area contributed by atoms with Crippen molar-refractivity contribution < 1.29 is 4.79 Å². The Morgan fingerprint density at radius 1 is 1.20 bits per heavy atom. The van der Waals surface area contributed by atoms with E-state index in [1.165, 1.54) is 18.1 Å². The van der Waals surface area contributed by atoms with Crippen LogP contribution in [0.2, 0.25) is 5.02 Å². The number of H-pyrrole nitrogens is 1. The number of carbonyl (C=O) groups is 1. The molecule has 0 bridgehead atoms. The largest absolute Gasteiger partial charge is 0.325 e. The Morgan fingerprint density at radius 3 is 2.73 bits per heavy atom.